The molecule has 0 bridgehead atoms. The van der Waals surface area contributed by atoms with Crippen molar-refractivity contribution in [2.24, 2.45) is 11.7 Å². The molecule has 1 saturated heterocycles. The van der Waals surface area contributed by atoms with Gasteiger partial charge in [-0.3, -0.25) is 4.90 Å². The zero-order valence-corrected chi connectivity index (χ0v) is 12.5. The van der Waals surface area contributed by atoms with Crippen LogP contribution in [-0.4, -0.2) is 42.9 Å². The summed E-state index contributed by atoms with van der Waals surface area (Å²) in [6, 6.07) is 8.32. The van der Waals surface area contributed by atoms with Gasteiger partial charge in [-0.15, -0.1) is 0 Å². The Labute approximate surface area is 121 Å². The van der Waals surface area contributed by atoms with Crippen LogP contribution in [0.15, 0.2) is 24.3 Å². The number of nitrogens with two attached hydrogens (primary N) is 1. The molecule has 1 aliphatic rings. The predicted molar refractivity (Wildman–Crippen MR) is 80.8 cm³/mol. The van der Waals surface area contributed by atoms with Gasteiger partial charge in [-0.2, -0.15) is 0 Å². The van der Waals surface area contributed by atoms with E-state index in [2.05, 4.69) is 17.9 Å². The SMILES string of the molecule is COc1ccccc1C(C(C)N)N1CCC(CO)CC1. The summed E-state index contributed by atoms with van der Waals surface area (Å²) in [7, 11) is 1.70. The maximum atomic E-state index is 9.26. The van der Waals surface area contributed by atoms with Crippen LogP contribution in [0.1, 0.15) is 31.4 Å². The summed E-state index contributed by atoms with van der Waals surface area (Å²) >= 11 is 0. The van der Waals surface area contributed by atoms with Gasteiger partial charge in [0, 0.05) is 18.2 Å². The Bertz CT molecular complexity index is 415. The monoisotopic (exact) mass is 278 g/mol. The van der Waals surface area contributed by atoms with Crippen molar-refractivity contribution in [2.45, 2.75) is 31.8 Å². The van der Waals surface area contributed by atoms with Crippen LogP contribution in [0.25, 0.3) is 0 Å². The molecule has 2 atom stereocenters. The van der Waals surface area contributed by atoms with Crippen LogP contribution in [0.4, 0.5) is 0 Å². The lowest BCUT2D eigenvalue weighted by Gasteiger charge is -2.39. The third-order valence-corrected chi connectivity index (χ3v) is 4.26. The molecular weight excluding hydrogens is 252 g/mol. The predicted octanol–water partition coefficient (Wildman–Crippen LogP) is 1.79. The van der Waals surface area contributed by atoms with Gasteiger partial charge in [-0.1, -0.05) is 18.2 Å². The van der Waals surface area contributed by atoms with Crippen molar-refractivity contribution >= 4 is 0 Å². The molecule has 112 valence electrons. The van der Waals surface area contributed by atoms with E-state index in [0.29, 0.717) is 12.5 Å². The number of hydrogen-bond donors (Lipinski definition) is 2. The first-order valence-electron chi connectivity index (χ1n) is 7.40. The van der Waals surface area contributed by atoms with Gasteiger partial charge in [0.2, 0.25) is 0 Å². The molecule has 0 aromatic heterocycles. The molecule has 1 aliphatic heterocycles. The van der Waals surface area contributed by atoms with Crippen molar-refractivity contribution in [1.29, 1.82) is 0 Å². The molecule has 20 heavy (non-hydrogen) atoms. The third-order valence-electron chi connectivity index (χ3n) is 4.26. The fourth-order valence-corrected chi connectivity index (χ4v) is 3.14. The molecule has 4 heteroatoms. The second kappa shape index (κ2) is 7.07. The molecular formula is C16H26N2O2. The number of piperidine rings is 1. The summed E-state index contributed by atoms with van der Waals surface area (Å²) in [5.74, 6) is 1.34. The number of likely N-dealkylation sites (tertiary alicyclic amines) is 1. The lowest BCUT2D eigenvalue weighted by Crippen LogP contribution is -2.44. The molecule has 0 saturated carbocycles. The van der Waals surface area contributed by atoms with Gasteiger partial charge in [0.15, 0.2) is 0 Å². The van der Waals surface area contributed by atoms with Crippen LogP contribution in [0.5, 0.6) is 5.75 Å². The number of hydrogen-bond acceptors (Lipinski definition) is 4. The minimum atomic E-state index is 0.0389. The third kappa shape index (κ3) is 3.32. The first kappa shape index (κ1) is 15.3. The summed E-state index contributed by atoms with van der Waals surface area (Å²) in [6.45, 7) is 4.31. The van der Waals surface area contributed by atoms with Crippen molar-refractivity contribution < 1.29 is 9.84 Å². The second-order valence-electron chi connectivity index (χ2n) is 5.71. The van der Waals surface area contributed by atoms with Gasteiger partial charge in [-0.25, -0.2) is 0 Å². The molecule has 0 amide bonds. The minimum absolute atomic E-state index is 0.0389. The molecule has 1 fully saturated rings. The number of methoxy groups -OCH3 is 1. The number of nitrogens with zero attached hydrogens (tertiary/aromatic N) is 1. The number of rotatable bonds is 5. The van der Waals surface area contributed by atoms with Gasteiger partial charge < -0.3 is 15.6 Å². The Morgan fingerprint density at radius 1 is 1.35 bits per heavy atom. The molecule has 1 aromatic carbocycles. The number of benzene rings is 1. The average Bonchev–Trinajstić information content (AvgIpc) is 2.48. The standard InChI is InChI=1S/C16H26N2O2/c1-12(17)16(14-5-3-4-6-15(14)20-2)18-9-7-13(11-19)8-10-18/h3-6,12-13,16,19H,7-11,17H2,1-2H3. The summed E-state index contributed by atoms with van der Waals surface area (Å²) in [5, 5.41) is 9.26. The van der Waals surface area contributed by atoms with Crippen LogP contribution in [0, 0.1) is 5.92 Å². The molecule has 0 spiro atoms. The van der Waals surface area contributed by atoms with E-state index in [-0.39, 0.29) is 12.1 Å². The van der Waals surface area contributed by atoms with Crippen LogP contribution < -0.4 is 10.5 Å². The van der Waals surface area contributed by atoms with Crippen LogP contribution in [0.2, 0.25) is 0 Å². The first-order chi connectivity index (χ1) is 9.67. The molecule has 1 aromatic rings. The van der Waals surface area contributed by atoms with Crippen molar-refractivity contribution in [2.75, 3.05) is 26.8 Å². The molecule has 2 unspecified atom stereocenters. The fraction of sp³-hybridized carbons (Fsp3) is 0.625. The van der Waals surface area contributed by atoms with E-state index in [1.165, 1.54) is 0 Å². The highest BCUT2D eigenvalue weighted by Gasteiger charge is 2.29. The second-order valence-corrected chi connectivity index (χ2v) is 5.71. The van der Waals surface area contributed by atoms with E-state index in [4.69, 9.17) is 10.5 Å². The Morgan fingerprint density at radius 2 is 2.00 bits per heavy atom. The van der Waals surface area contributed by atoms with E-state index in [0.717, 1.165) is 37.2 Å². The largest absolute Gasteiger partial charge is 0.496 e. The highest BCUT2D eigenvalue weighted by Crippen LogP contribution is 2.33. The van der Waals surface area contributed by atoms with E-state index < -0.39 is 0 Å². The maximum Gasteiger partial charge on any atom is 0.123 e. The minimum Gasteiger partial charge on any atom is -0.496 e. The molecule has 0 radical (unpaired) electrons. The Kier molecular flexibility index (Phi) is 5.40. The number of para-hydroxylation sites is 1. The Morgan fingerprint density at radius 3 is 2.55 bits per heavy atom. The summed E-state index contributed by atoms with van der Waals surface area (Å²) in [5.41, 5.74) is 7.40. The van der Waals surface area contributed by atoms with Crippen molar-refractivity contribution in [3.05, 3.63) is 29.8 Å². The highest BCUT2D eigenvalue weighted by molar-refractivity contribution is 5.36. The van der Waals surface area contributed by atoms with Crippen LogP contribution >= 0.6 is 0 Å². The van der Waals surface area contributed by atoms with Gasteiger partial charge in [-0.05, 0) is 44.8 Å². The Balaban J connectivity index is 2.19. The van der Waals surface area contributed by atoms with Crippen LogP contribution in [0.3, 0.4) is 0 Å². The van der Waals surface area contributed by atoms with Crippen molar-refractivity contribution in [3.63, 3.8) is 0 Å². The lowest BCUT2D eigenvalue weighted by atomic mass is 9.92. The number of aliphatic hydroxyl groups excluding tert-OH is 1. The summed E-state index contributed by atoms with van der Waals surface area (Å²) in [4.78, 5) is 2.43. The van der Waals surface area contributed by atoms with E-state index in [1.54, 1.807) is 7.11 Å². The number of ether oxygens (including phenoxy) is 1. The molecule has 1 heterocycles. The van der Waals surface area contributed by atoms with Gasteiger partial charge in [0.1, 0.15) is 5.75 Å². The van der Waals surface area contributed by atoms with E-state index >= 15 is 0 Å². The first-order valence-corrected chi connectivity index (χ1v) is 7.40. The van der Waals surface area contributed by atoms with Gasteiger partial charge in [0.05, 0.1) is 13.2 Å². The molecule has 0 aliphatic carbocycles. The average molecular weight is 278 g/mol. The zero-order chi connectivity index (χ0) is 14.5. The Hall–Kier alpha value is -1.10. The van der Waals surface area contributed by atoms with Crippen molar-refractivity contribution in [1.82, 2.24) is 4.90 Å². The zero-order valence-electron chi connectivity index (χ0n) is 12.5. The quantitative estimate of drug-likeness (QED) is 0.862. The van der Waals surface area contributed by atoms with E-state index in [1.807, 2.05) is 18.2 Å². The number of aliphatic hydroxyl groups is 1. The topological polar surface area (TPSA) is 58.7 Å². The smallest absolute Gasteiger partial charge is 0.123 e. The normalized spacial score (nSPS) is 20.6. The van der Waals surface area contributed by atoms with Gasteiger partial charge in [0.25, 0.3) is 0 Å². The van der Waals surface area contributed by atoms with Crippen LogP contribution in [-0.2, 0) is 0 Å². The van der Waals surface area contributed by atoms with Crippen molar-refractivity contribution in [3.8, 4) is 5.75 Å². The molecule has 4 nitrogen and oxygen atoms in total. The molecule has 2 rings (SSSR count). The summed E-state index contributed by atoms with van der Waals surface area (Å²) < 4.78 is 5.49. The lowest BCUT2D eigenvalue weighted by molar-refractivity contribution is 0.0904. The highest BCUT2D eigenvalue weighted by atomic mass is 16.5. The fourth-order valence-electron chi connectivity index (χ4n) is 3.14. The van der Waals surface area contributed by atoms with Gasteiger partial charge >= 0.3 is 0 Å². The van der Waals surface area contributed by atoms with E-state index in [9.17, 15) is 5.11 Å². The molecule has 3 N–H and O–H groups in total. The summed E-state index contributed by atoms with van der Waals surface area (Å²) in [6.07, 6.45) is 2.07. The maximum absolute atomic E-state index is 9.26.